The summed E-state index contributed by atoms with van der Waals surface area (Å²) < 4.78 is 24.0. The van der Waals surface area contributed by atoms with E-state index in [2.05, 4.69) is 5.32 Å². The maximum atomic E-state index is 13.3. The Balaban J connectivity index is 1.68. The SMILES string of the molecule is CCOc1ccc(NC(=O)COC(=O)c2sc3cc(F)ccc3c2Cl)c([N+](=O)[O-])c1. The van der Waals surface area contributed by atoms with Crippen LogP contribution in [0, 0.1) is 15.9 Å². The number of carbonyl (C=O) groups is 2. The van der Waals surface area contributed by atoms with Crippen molar-refractivity contribution in [2.45, 2.75) is 6.92 Å². The number of nitro benzene ring substituents is 1. The van der Waals surface area contributed by atoms with Crippen LogP contribution in [0.4, 0.5) is 15.8 Å². The molecule has 3 rings (SSSR count). The normalized spacial score (nSPS) is 10.6. The number of anilines is 1. The molecule has 0 aliphatic rings. The molecule has 0 unspecified atom stereocenters. The second-order valence-corrected chi connectivity index (χ2v) is 7.31. The Labute approximate surface area is 178 Å². The van der Waals surface area contributed by atoms with Crippen LogP contribution in [-0.2, 0) is 9.53 Å². The molecule has 1 heterocycles. The number of carbonyl (C=O) groups excluding carboxylic acids is 2. The van der Waals surface area contributed by atoms with E-state index in [-0.39, 0.29) is 27.0 Å². The number of rotatable bonds is 7. The molecule has 0 saturated heterocycles. The number of esters is 1. The van der Waals surface area contributed by atoms with Gasteiger partial charge in [-0.15, -0.1) is 11.3 Å². The number of benzene rings is 2. The molecule has 0 aliphatic carbocycles. The molecule has 8 nitrogen and oxygen atoms in total. The molecule has 30 heavy (non-hydrogen) atoms. The summed E-state index contributed by atoms with van der Waals surface area (Å²) in [6, 6.07) is 7.86. The third-order valence-electron chi connectivity index (χ3n) is 3.86. The van der Waals surface area contributed by atoms with E-state index in [1.807, 2.05) is 0 Å². The molecule has 156 valence electrons. The van der Waals surface area contributed by atoms with Gasteiger partial charge in [-0.1, -0.05) is 11.6 Å². The summed E-state index contributed by atoms with van der Waals surface area (Å²) in [7, 11) is 0. The maximum Gasteiger partial charge on any atom is 0.350 e. The molecule has 0 spiro atoms. The molecule has 0 fully saturated rings. The van der Waals surface area contributed by atoms with Crippen molar-refractivity contribution >= 4 is 56.3 Å². The fourth-order valence-corrected chi connectivity index (χ4v) is 4.00. The Bertz CT molecular complexity index is 1150. The predicted octanol–water partition coefficient (Wildman–Crippen LogP) is 4.80. The van der Waals surface area contributed by atoms with Gasteiger partial charge in [0.2, 0.25) is 0 Å². The smallest absolute Gasteiger partial charge is 0.350 e. The number of halogens is 2. The fraction of sp³-hybridized carbons (Fsp3) is 0.158. The Morgan fingerprint density at radius 1 is 1.27 bits per heavy atom. The first-order valence-corrected chi connectivity index (χ1v) is 9.75. The molecule has 0 aliphatic heterocycles. The molecule has 1 amide bonds. The zero-order valence-electron chi connectivity index (χ0n) is 15.4. The molecule has 0 atom stereocenters. The second-order valence-electron chi connectivity index (χ2n) is 5.88. The Morgan fingerprint density at radius 3 is 2.73 bits per heavy atom. The first kappa shape index (κ1) is 21.5. The Hall–Kier alpha value is -3.24. The number of thiophene rings is 1. The topological polar surface area (TPSA) is 108 Å². The predicted molar refractivity (Wildman–Crippen MR) is 110 cm³/mol. The van der Waals surface area contributed by atoms with Gasteiger partial charge in [0, 0.05) is 10.1 Å². The number of amides is 1. The largest absolute Gasteiger partial charge is 0.494 e. The highest BCUT2D eigenvalue weighted by atomic mass is 35.5. The third kappa shape index (κ3) is 4.66. The average Bonchev–Trinajstić information content (AvgIpc) is 3.03. The van der Waals surface area contributed by atoms with Gasteiger partial charge in [0.1, 0.15) is 22.1 Å². The van der Waals surface area contributed by atoms with Crippen LogP contribution in [0.15, 0.2) is 36.4 Å². The summed E-state index contributed by atoms with van der Waals surface area (Å²) >= 11 is 7.08. The maximum absolute atomic E-state index is 13.3. The summed E-state index contributed by atoms with van der Waals surface area (Å²) in [6.45, 7) is 1.36. The van der Waals surface area contributed by atoms with Crippen LogP contribution in [0.25, 0.3) is 10.1 Å². The molecule has 0 bridgehead atoms. The van der Waals surface area contributed by atoms with Crippen molar-refractivity contribution < 1.29 is 28.4 Å². The van der Waals surface area contributed by atoms with Crippen molar-refractivity contribution in [2.75, 3.05) is 18.5 Å². The number of hydrogen-bond acceptors (Lipinski definition) is 7. The third-order valence-corrected chi connectivity index (χ3v) is 5.50. The minimum atomic E-state index is -0.863. The van der Waals surface area contributed by atoms with Crippen LogP contribution < -0.4 is 10.1 Å². The van der Waals surface area contributed by atoms with Crippen molar-refractivity contribution in [1.82, 2.24) is 0 Å². The average molecular weight is 453 g/mol. The van der Waals surface area contributed by atoms with E-state index in [0.717, 1.165) is 11.3 Å². The van der Waals surface area contributed by atoms with Gasteiger partial charge < -0.3 is 14.8 Å². The lowest BCUT2D eigenvalue weighted by Crippen LogP contribution is -2.21. The molecule has 1 N–H and O–H groups in total. The molecule has 11 heteroatoms. The zero-order valence-corrected chi connectivity index (χ0v) is 17.0. The van der Waals surface area contributed by atoms with Crippen molar-refractivity contribution in [3.05, 3.63) is 62.2 Å². The highest BCUT2D eigenvalue weighted by Gasteiger charge is 2.21. The van der Waals surface area contributed by atoms with Crippen molar-refractivity contribution in [3.8, 4) is 5.75 Å². The van der Waals surface area contributed by atoms with Crippen LogP contribution >= 0.6 is 22.9 Å². The Morgan fingerprint density at radius 2 is 2.03 bits per heavy atom. The van der Waals surface area contributed by atoms with E-state index in [1.165, 1.54) is 36.4 Å². The summed E-state index contributed by atoms with van der Waals surface area (Å²) in [5.74, 6) is -1.84. The van der Waals surface area contributed by atoms with Gasteiger partial charge in [0.15, 0.2) is 6.61 Å². The van der Waals surface area contributed by atoms with Gasteiger partial charge in [0.05, 0.1) is 22.6 Å². The van der Waals surface area contributed by atoms with Crippen LogP contribution in [0.1, 0.15) is 16.6 Å². The molecular weight excluding hydrogens is 439 g/mol. The van der Waals surface area contributed by atoms with E-state index in [1.54, 1.807) is 6.92 Å². The van der Waals surface area contributed by atoms with Gasteiger partial charge in [-0.3, -0.25) is 14.9 Å². The minimum Gasteiger partial charge on any atom is -0.494 e. The first-order valence-electron chi connectivity index (χ1n) is 8.56. The van der Waals surface area contributed by atoms with Gasteiger partial charge in [-0.25, -0.2) is 9.18 Å². The van der Waals surface area contributed by atoms with E-state index in [9.17, 15) is 24.1 Å². The number of hydrogen-bond donors (Lipinski definition) is 1. The van der Waals surface area contributed by atoms with Crippen LogP contribution in [0.5, 0.6) is 5.75 Å². The summed E-state index contributed by atoms with van der Waals surface area (Å²) in [5, 5.41) is 14.1. The molecular formula is C19H14ClFN2O6S. The number of nitrogens with one attached hydrogen (secondary N) is 1. The molecule has 3 aromatic rings. The van der Waals surface area contributed by atoms with Gasteiger partial charge >= 0.3 is 5.97 Å². The van der Waals surface area contributed by atoms with Crippen LogP contribution in [0.3, 0.4) is 0 Å². The summed E-state index contributed by atoms with van der Waals surface area (Å²) in [6.07, 6.45) is 0. The van der Waals surface area contributed by atoms with Crippen LogP contribution in [0.2, 0.25) is 5.02 Å². The number of nitro groups is 1. The highest BCUT2D eigenvalue weighted by molar-refractivity contribution is 7.21. The summed E-state index contributed by atoms with van der Waals surface area (Å²) in [4.78, 5) is 35.0. The van der Waals surface area contributed by atoms with Crippen molar-refractivity contribution in [2.24, 2.45) is 0 Å². The highest BCUT2D eigenvalue weighted by Crippen LogP contribution is 2.36. The lowest BCUT2D eigenvalue weighted by molar-refractivity contribution is -0.384. The Kier molecular flexibility index (Phi) is 6.48. The standard InChI is InChI=1S/C19H14ClFN2O6S/c1-2-28-11-4-6-13(14(8-11)23(26)27)22-16(24)9-29-19(25)18-17(20)12-5-3-10(21)7-15(12)30-18/h3-8H,2,9H2,1H3,(H,22,24). The van der Waals surface area contributed by atoms with E-state index < -0.39 is 29.2 Å². The molecule has 0 saturated carbocycles. The van der Waals surface area contributed by atoms with E-state index in [0.29, 0.717) is 16.7 Å². The monoisotopic (exact) mass is 452 g/mol. The zero-order chi connectivity index (χ0) is 21.8. The number of ether oxygens (including phenoxy) is 2. The lowest BCUT2D eigenvalue weighted by atomic mass is 10.2. The van der Waals surface area contributed by atoms with Gasteiger partial charge in [-0.2, -0.15) is 0 Å². The number of nitrogens with zero attached hydrogens (tertiary/aromatic N) is 1. The van der Waals surface area contributed by atoms with E-state index >= 15 is 0 Å². The van der Waals surface area contributed by atoms with E-state index in [4.69, 9.17) is 21.1 Å². The van der Waals surface area contributed by atoms with Gasteiger partial charge in [0.25, 0.3) is 11.6 Å². The fourth-order valence-electron chi connectivity index (χ4n) is 2.58. The van der Waals surface area contributed by atoms with Crippen molar-refractivity contribution in [3.63, 3.8) is 0 Å². The summed E-state index contributed by atoms with van der Waals surface area (Å²) in [5.41, 5.74) is -0.435. The lowest BCUT2D eigenvalue weighted by Gasteiger charge is -2.08. The molecule has 0 radical (unpaired) electrons. The van der Waals surface area contributed by atoms with Crippen molar-refractivity contribution in [1.29, 1.82) is 0 Å². The second kappa shape index (κ2) is 9.06. The molecule has 2 aromatic carbocycles. The number of fused-ring (bicyclic) bond motifs is 1. The first-order chi connectivity index (χ1) is 14.3. The minimum absolute atomic E-state index is 0.0251. The van der Waals surface area contributed by atoms with Crippen LogP contribution in [-0.4, -0.2) is 30.0 Å². The van der Waals surface area contributed by atoms with Gasteiger partial charge in [-0.05, 0) is 37.3 Å². The molecule has 1 aromatic heterocycles. The quantitative estimate of drug-likeness (QED) is 0.313.